The van der Waals surface area contributed by atoms with Gasteiger partial charge >= 0.3 is 0 Å². The summed E-state index contributed by atoms with van der Waals surface area (Å²) in [4.78, 5) is 16.9. The van der Waals surface area contributed by atoms with Crippen LogP contribution in [-0.4, -0.2) is 51.9 Å². The Hall–Kier alpha value is -3.03. The molecule has 2 aliphatic rings. The highest BCUT2D eigenvalue weighted by Crippen LogP contribution is 2.52. The number of fused-ring (bicyclic) bond motifs is 1. The van der Waals surface area contributed by atoms with E-state index in [2.05, 4.69) is 49.3 Å². The zero-order chi connectivity index (χ0) is 31.1. The molecule has 1 unspecified atom stereocenters. The number of nitrogens with one attached hydrogen (secondary N) is 2. The topological polar surface area (TPSA) is 121 Å². The first-order valence-corrected chi connectivity index (χ1v) is 17.0. The summed E-state index contributed by atoms with van der Waals surface area (Å²) < 4.78 is 18.1. The van der Waals surface area contributed by atoms with E-state index >= 15 is 0 Å². The molecular weight excluding hydrogens is 616 g/mol. The molecule has 4 heterocycles. The van der Waals surface area contributed by atoms with Crippen LogP contribution in [0.4, 0.5) is 17.5 Å². The largest absolute Gasteiger partial charge is 0.390 e. The monoisotopic (exact) mass is 652 g/mol. The molecule has 0 radical (unpaired) electrons. The van der Waals surface area contributed by atoms with Gasteiger partial charge in [-0.3, -0.25) is 4.68 Å². The number of pyridine rings is 1. The number of aliphatic hydroxyl groups excluding tert-OH is 1. The normalized spacial score (nSPS) is 18.4. The maximum atomic E-state index is 13.2. The standard InChI is InChI=1S/C31H37ClN8O2S2/c1-30(2,3)44(42)38-27-21-8-6-5-7-20(21)17-31(27)11-15-40(16-12-31)29-22(19-41)36-25(18-34-29)43-23-9-13-33-28(26(23)32)37-24-10-14-35-39(24)4/h5-10,13-14,18,27,38,41H,11-12,15-17,19H2,1-4H3,(H,33,37)/t27-,44?/m1/s1. The van der Waals surface area contributed by atoms with Crippen LogP contribution >= 0.6 is 23.4 Å². The van der Waals surface area contributed by atoms with Gasteiger partial charge in [-0.2, -0.15) is 5.10 Å². The van der Waals surface area contributed by atoms with Gasteiger partial charge in [0, 0.05) is 37.3 Å². The van der Waals surface area contributed by atoms with E-state index in [1.54, 1.807) is 23.3 Å². The van der Waals surface area contributed by atoms with Crippen molar-refractivity contribution in [3.8, 4) is 0 Å². The zero-order valence-corrected chi connectivity index (χ0v) is 27.6. The van der Waals surface area contributed by atoms with Crippen molar-refractivity contribution in [2.24, 2.45) is 12.5 Å². The fraction of sp³-hybridized carbons (Fsp3) is 0.419. The van der Waals surface area contributed by atoms with Crippen molar-refractivity contribution in [2.45, 2.75) is 67.4 Å². The van der Waals surface area contributed by atoms with Crippen LogP contribution in [0.25, 0.3) is 0 Å². The zero-order valence-electron chi connectivity index (χ0n) is 25.2. The Morgan fingerprint density at radius 2 is 1.91 bits per heavy atom. The highest BCUT2D eigenvalue weighted by Gasteiger charge is 2.49. The molecule has 3 aromatic heterocycles. The minimum Gasteiger partial charge on any atom is -0.390 e. The highest BCUT2D eigenvalue weighted by atomic mass is 35.5. The number of hydrogen-bond acceptors (Lipinski definition) is 9. The molecule has 1 saturated heterocycles. The lowest BCUT2D eigenvalue weighted by atomic mass is 9.73. The summed E-state index contributed by atoms with van der Waals surface area (Å²) in [7, 11) is 0.648. The van der Waals surface area contributed by atoms with Crippen LogP contribution < -0.4 is 14.9 Å². The van der Waals surface area contributed by atoms with Crippen LogP contribution in [0.2, 0.25) is 5.02 Å². The van der Waals surface area contributed by atoms with Gasteiger partial charge in [0.15, 0.2) is 11.6 Å². The van der Waals surface area contributed by atoms with Gasteiger partial charge in [-0.25, -0.2) is 23.9 Å². The molecule has 1 aliphatic heterocycles. The van der Waals surface area contributed by atoms with Crippen molar-refractivity contribution >= 4 is 51.8 Å². The first-order valence-electron chi connectivity index (χ1n) is 14.6. The molecule has 0 amide bonds. The number of benzene rings is 1. The quantitative estimate of drug-likeness (QED) is 0.224. The van der Waals surface area contributed by atoms with Crippen LogP contribution in [0, 0.1) is 5.41 Å². The average molecular weight is 653 g/mol. The number of aliphatic hydroxyl groups is 1. The molecule has 2 atom stereocenters. The van der Waals surface area contributed by atoms with Crippen LogP contribution in [0.5, 0.6) is 0 Å². The summed E-state index contributed by atoms with van der Waals surface area (Å²) in [6.07, 6.45) is 7.88. The lowest BCUT2D eigenvalue weighted by molar-refractivity contribution is 0.177. The third kappa shape index (κ3) is 6.10. The summed E-state index contributed by atoms with van der Waals surface area (Å²) >= 11 is 8.08. The molecule has 13 heteroatoms. The molecule has 1 aliphatic carbocycles. The molecule has 0 bridgehead atoms. The lowest BCUT2D eigenvalue weighted by Gasteiger charge is -2.44. The first-order chi connectivity index (χ1) is 21.1. The number of nitrogens with zero attached hydrogens (tertiary/aromatic N) is 6. The number of hydrogen-bond donors (Lipinski definition) is 3. The summed E-state index contributed by atoms with van der Waals surface area (Å²) in [6, 6.07) is 12.2. The van der Waals surface area contributed by atoms with Crippen molar-refractivity contribution in [3.05, 3.63) is 76.8 Å². The summed E-state index contributed by atoms with van der Waals surface area (Å²) in [5.41, 5.74) is 3.07. The van der Waals surface area contributed by atoms with Gasteiger partial charge < -0.3 is 15.3 Å². The molecule has 10 nitrogen and oxygen atoms in total. The van der Waals surface area contributed by atoms with Gasteiger partial charge in [0.2, 0.25) is 0 Å². The fourth-order valence-corrected chi connectivity index (χ4v) is 8.06. The van der Waals surface area contributed by atoms with Crippen LogP contribution in [0.3, 0.4) is 0 Å². The van der Waals surface area contributed by atoms with Crippen LogP contribution in [0.1, 0.15) is 56.5 Å². The van der Waals surface area contributed by atoms with Crippen molar-refractivity contribution < 1.29 is 9.32 Å². The number of aryl methyl sites for hydroxylation is 1. The van der Waals surface area contributed by atoms with E-state index < -0.39 is 11.0 Å². The van der Waals surface area contributed by atoms with Gasteiger partial charge in [-0.15, -0.1) is 0 Å². The maximum absolute atomic E-state index is 13.2. The Bertz CT molecular complexity index is 1680. The number of anilines is 3. The lowest BCUT2D eigenvalue weighted by Crippen LogP contribution is -2.48. The van der Waals surface area contributed by atoms with E-state index in [0.29, 0.717) is 27.4 Å². The van der Waals surface area contributed by atoms with Crippen molar-refractivity contribution in [1.29, 1.82) is 0 Å². The molecule has 1 spiro atoms. The maximum Gasteiger partial charge on any atom is 0.152 e. The van der Waals surface area contributed by atoms with Gasteiger partial charge in [-0.1, -0.05) is 47.6 Å². The molecule has 6 rings (SSSR count). The van der Waals surface area contributed by atoms with Crippen molar-refractivity contribution in [3.63, 3.8) is 0 Å². The van der Waals surface area contributed by atoms with Crippen molar-refractivity contribution in [1.82, 2.24) is 29.5 Å². The third-order valence-corrected chi connectivity index (χ3v) is 11.5. The minimum atomic E-state index is -1.19. The van der Waals surface area contributed by atoms with E-state index in [1.165, 1.54) is 22.9 Å². The van der Waals surface area contributed by atoms with Crippen LogP contribution in [0.15, 0.2) is 64.9 Å². The van der Waals surface area contributed by atoms with E-state index in [0.717, 1.165) is 43.1 Å². The van der Waals surface area contributed by atoms with E-state index in [-0.39, 0.29) is 22.8 Å². The average Bonchev–Trinajstić information content (AvgIpc) is 3.54. The van der Waals surface area contributed by atoms with Crippen LogP contribution in [-0.2, 0) is 31.1 Å². The molecular formula is C31H37ClN8O2S2. The number of piperidine rings is 1. The summed E-state index contributed by atoms with van der Waals surface area (Å²) in [5.74, 6) is 1.98. The number of halogens is 1. The van der Waals surface area contributed by atoms with E-state index in [4.69, 9.17) is 21.6 Å². The van der Waals surface area contributed by atoms with Crippen molar-refractivity contribution in [2.75, 3.05) is 23.3 Å². The predicted octanol–water partition coefficient (Wildman–Crippen LogP) is 5.58. The number of aromatic nitrogens is 5. The van der Waals surface area contributed by atoms with E-state index in [9.17, 15) is 9.32 Å². The van der Waals surface area contributed by atoms with Gasteiger partial charge in [0.05, 0.1) is 45.8 Å². The van der Waals surface area contributed by atoms with E-state index in [1.807, 2.05) is 40.0 Å². The molecule has 44 heavy (non-hydrogen) atoms. The Balaban J connectivity index is 1.18. The molecule has 0 saturated carbocycles. The third-order valence-electron chi connectivity index (χ3n) is 8.45. The number of rotatable bonds is 8. The Kier molecular flexibility index (Phi) is 8.73. The second-order valence-corrected chi connectivity index (χ2v) is 15.8. The molecule has 4 aromatic rings. The SMILES string of the molecule is Cn1nccc1Nc1nccc(Sc2cnc(N3CCC4(CC3)Cc3ccccc3[C@H]4NS(=O)C(C)(C)C)c(CO)n2)c1Cl. The molecule has 232 valence electrons. The Morgan fingerprint density at radius 1 is 1.14 bits per heavy atom. The minimum absolute atomic E-state index is 0.0189. The van der Waals surface area contributed by atoms with Gasteiger partial charge in [0.25, 0.3) is 0 Å². The second kappa shape index (κ2) is 12.4. The summed E-state index contributed by atoms with van der Waals surface area (Å²) in [5, 5.41) is 18.8. The second-order valence-electron chi connectivity index (χ2n) is 12.3. The smallest absolute Gasteiger partial charge is 0.152 e. The molecule has 3 N–H and O–H groups in total. The molecule has 1 aromatic carbocycles. The van der Waals surface area contributed by atoms with Gasteiger partial charge in [-0.05, 0) is 62.6 Å². The Morgan fingerprint density at radius 3 is 2.61 bits per heavy atom. The predicted molar refractivity (Wildman–Crippen MR) is 176 cm³/mol. The highest BCUT2D eigenvalue weighted by molar-refractivity contribution is 7.99. The summed E-state index contributed by atoms with van der Waals surface area (Å²) in [6.45, 7) is 7.32. The Labute approximate surface area is 269 Å². The fourth-order valence-electron chi connectivity index (χ4n) is 6.03. The first kappa shape index (κ1) is 31.0. The molecule has 1 fully saturated rings. The van der Waals surface area contributed by atoms with Gasteiger partial charge in [0.1, 0.15) is 16.5 Å².